The summed E-state index contributed by atoms with van der Waals surface area (Å²) < 4.78 is 5.04. The van der Waals surface area contributed by atoms with Gasteiger partial charge in [0.15, 0.2) is 0 Å². The number of carbonyl (C=O) groups excluding carboxylic acids is 1. The Bertz CT molecular complexity index is 1150. The first-order chi connectivity index (χ1) is 14.1. The molecule has 0 radical (unpaired) electrons. The van der Waals surface area contributed by atoms with Gasteiger partial charge in [0.25, 0.3) is 0 Å². The fourth-order valence-corrected chi connectivity index (χ4v) is 3.93. The van der Waals surface area contributed by atoms with Crippen molar-refractivity contribution in [3.63, 3.8) is 0 Å². The third kappa shape index (κ3) is 4.88. The monoisotopic (exact) mass is 424 g/mol. The molecule has 0 aliphatic rings. The molecule has 0 bridgehead atoms. The van der Waals surface area contributed by atoms with E-state index in [1.807, 2.05) is 53.9 Å². The molecule has 0 saturated carbocycles. The first kappa shape index (κ1) is 19.3. The zero-order valence-corrected chi connectivity index (χ0v) is 17.1. The zero-order chi connectivity index (χ0) is 20.2. The van der Waals surface area contributed by atoms with Crippen LogP contribution in [-0.4, -0.2) is 21.0 Å². The van der Waals surface area contributed by atoms with Gasteiger partial charge in [0.05, 0.1) is 22.8 Å². The van der Waals surface area contributed by atoms with E-state index < -0.39 is 0 Å². The van der Waals surface area contributed by atoms with Gasteiger partial charge in [-0.1, -0.05) is 41.0 Å². The van der Waals surface area contributed by atoms with E-state index in [2.05, 4.69) is 20.4 Å². The molecule has 0 saturated heterocycles. The lowest BCUT2D eigenvalue weighted by atomic mass is 10.1. The summed E-state index contributed by atoms with van der Waals surface area (Å²) in [6.45, 7) is 1.72. The molecule has 8 heteroatoms. The van der Waals surface area contributed by atoms with E-state index in [0.29, 0.717) is 34.4 Å². The minimum absolute atomic E-state index is 0.155. The number of benzene rings is 2. The van der Waals surface area contributed by atoms with Crippen LogP contribution in [0.15, 0.2) is 58.4 Å². The first-order valence-electron chi connectivity index (χ1n) is 8.94. The van der Waals surface area contributed by atoms with Crippen molar-refractivity contribution in [2.75, 3.05) is 5.32 Å². The quantitative estimate of drug-likeness (QED) is 0.474. The molecule has 146 valence electrons. The van der Waals surface area contributed by atoms with Gasteiger partial charge in [0.1, 0.15) is 0 Å². The predicted molar refractivity (Wildman–Crippen MR) is 113 cm³/mol. The minimum atomic E-state index is -0.155. The minimum Gasteiger partial charge on any atom is -0.339 e. The van der Waals surface area contributed by atoms with E-state index >= 15 is 0 Å². The highest BCUT2D eigenvalue weighted by molar-refractivity contribution is 7.09. The van der Waals surface area contributed by atoms with Crippen molar-refractivity contribution in [1.29, 1.82) is 0 Å². The number of nitrogens with zero attached hydrogens (tertiary/aromatic N) is 3. The van der Waals surface area contributed by atoms with Gasteiger partial charge < -0.3 is 9.84 Å². The predicted octanol–water partition coefficient (Wildman–Crippen LogP) is 4.93. The fourth-order valence-electron chi connectivity index (χ4n) is 2.89. The molecule has 0 atom stereocenters. The number of hydrogen-bond acceptors (Lipinski definition) is 6. The Hall–Kier alpha value is -3.03. The van der Waals surface area contributed by atoms with Crippen LogP contribution in [0.5, 0.6) is 0 Å². The van der Waals surface area contributed by atoms with Crippen molar-refractivity contribution < 1.29 is 9.32 Å². The number of amides is 1. The number of aryl methyl sites for hydroxylation is 1. The molecule has 4 rings (SSSR count). The summed E-state index contributed by atoms with van der Waals surface area (Å²) in [5.41, 5.74) is 3.16. The Labute approximate surface area is 176 Å². The van der Waals surface area contributed by atoms with Crippen molar-refractivity contribution in [2.45, 2.75) is 19.8 Å². The first-order valence-corrected chi connectivity index (χ1v) is 10.2. The van der Waals surface area contributed by atoms with Crippen LogP contribution in [0.3, 0.4) is 0 Å². The van der Waals surface area contributed by atoms with Crippen LogP contribution in [0.25, 0.3) is 11.4 Å². The number of para-hydroxylation sites is 1. The summed E-state index contributed by atoms with van der Waals surface area (Å²) >= 11 is 7.57. The van der Waals surface area contributed by atoms with Crippen molar-refractivity contribution in [1.82, 2.24) is 15.1 Å². The van der Waals surface area contributed by atoms with Crippen LogP contribution >= 0.6 is 22.9 Å². The topological polar surface area (TPSA) is 80.9 Å². The molecule has 0 aliphatic heterocycles. The van der Waals surface area contributed by atoms with Crippen molar-refractivity contribution in [2.24, 2.45) is 0 Å². The molecule has 4 aromatic rings. The maximum atomic E-state index is 12.6. The molecule has 1 N–H and O–H groups in total. The van der Waals surface area contributed by atoms with Gasteiger partial charge in [-0.05, 0) is 29.8 Å². The third-order valence-electron chi connectivity index (χ3n) is 4.15. The van der Waals surface area contributed by atoms with E-state index in [0.717, 1.165) is 16.3 Å². The maximum absolute atomic E-state index is 12.6. The smallest absolute Gasteiger partial charge is 0.230 e. The fraction of sp³-hybridized carbons (Fsp3) is 0.143. The van der Waals surface area contributed by atoms with E-state index in [9.17, 15) is 4.79 Å². The van der Waals surface area contributed by atoms with Crippen molar-refractivity contribution in [3.8, 4) is 11.4 Å². The molecule has 2 aromatic carbocycles. The number of aromatic nitrogens is 3. The molecular weight excluding hydrogens is 408 g/mol. The summed E-state index contributed by atoms with van der Waals surface area (Å²) in [5.74, 6) is 0.754. The molecular formula is C21H17ClN4O2S. The van der Waals surface area contributed by atoms with Crippen molar-refractivity contribution in [3.05, 3.63) is 81.1 Å². The second-order valence-corrected chi connectivity index (χ2v) is 7.83. The van der Waals surface area contributed by atoms with Gasteiger partial charge in [-0.15, -0.1) is 11.3 Å². The molecule has 29 heavy (non-hydrogen) atoms. The zero-order valence-electron chi connectivity index (χ0n) is 15.6. The Balaban J connectivity index is 1.43. The van der Waals surface area contributed by atoms with Crippen LogP contribution in [0.2, 0.25) is 5.02 Å². The Morgan fingerprint density at radius 2 is 2.03 bits per heavy atom. The average Bonchev–Trinajstić information content (AvgIpc) is 3.31. The molecule has 0 unspecified atom stereocenters. The van der Waals surface area contributed by atoms with Gasteiger partial charge in [-0.2, -0.15) is 4.98 Å². The number of nitrogens with one attached hydrogen (secondary N) is 1. The van der Waals surface area contributed by atoms with E-state index in [1.165, 1.54) is 11.3 Å². The number of anilines is 1. The Morgan fingerprint density at radius 1 is 1.17 bits per heavy atom. The number of rotatable bonds is 6. The summed E-state index contributed by atoms with van der Waals surface area (Å²) in [7, 11) is 0. The van der Waals surface area contributed by atoms with E-state index in [-0.39, 0.29) is 12.3 Å². The van der Waals surface area contributed by atoms with Gasteiger partial charge in [-0.3, -0.25) is 4.79 Å². The molecule has 1 amide bonds. The van der Waals surface area contributed by atoms with Crippen molar-refractivity contribution >= 4 is 34.5 Å². The van der Waals surface area contributed by atoms with Gasteiger partial charge in [0.2, 0.25) is 17.6 Å². The average molecular weight is 425 g/mol. The Morgan fingerprint density at radius 3 is 2.83 bits per heavy atom. The second-order valence-electron chi connectivity index (χ2n) is 6.45. The maximum Gasteiger partial charge on any atom is 0.230 e. The molecule has 0 fully saturated rings. The molecule has 2 heterocycles. The van der Waals surface area contributed by atoms with Gasteiger partial charge in [-0.25, -0.2) is 4.98 Å². The van der Waals surface area contributed by atoms with Crippen LogP contribution in [0.4, 0.5) is 5.69 Å². The van der Waals surface area contributed by atoms with Crippen LogP contribution < -0.4 is 5.32 Å². The van der Waals surface area contributed by atoms with E-state index in [4.69, 9.17) is 16.1 Å². The number of hydrogen-bond donors (Lipinski definition) is 1. The summed E-state index contributed by atoms with van der Waals surface area (Å²) in [5, 5.41) is 10.4. The molecule has 0 spiro atoms. The molecule has 6 nitrogen and oxygen atoms in total. The highest BCUT2D eigenvalue weighted by Gasteiger charge is 2.14. The second kappa shape index (κ2) is 8.55. The number of halogens is 1. The third-order valence-corrected chi connectivity index (χ3v) is 5.29. The Kier molecular flexibility index (Phi) is 5.69. The van der Waals surface area contributed by atoms with Crippen LogP contribution in [-0.2, 0) is 17.6 Å². The van der Waals surface area contributed by atoms with Gasteiger partial charge >= 0.3 is 0 Å². The number of carbonyl (C=O) groups is 1. The number of thiazole rings is 1. The summed E-state index contributed by atoms with van der Waals surface area (Å²) in [6.07, 6.45) is 0.874. The molecule has 2 aromatic heterocycles. The largest absolute Gasteiger partial charge is 0.339 e. The lowest BCUT2D eigenvalue weighted by Crippen LogP contribution is -2.15. The van der Waals surface area contributed by atoms with E-state index in [1.54, 1.807) is 6.92 Å². The SMILES string of the molecule is Cc1nc(-c2ccccc2NC(=O)Cc2csc(Cc3cccc(Cl)c3)n2)no1. The lowest BCUT2D eigenvalue weighted by Gasteiger charge is -2.08. The highest BCUT2D eigenvalue weighted by Crippen LogP contribution is 2.25. The summed E-state index contributed by atoms with van der Waals surface area (Å²) in [6, 6.07) is 15.1. The van der Waals surface area contributed by atoms with Crippen LogP contribution in [0, 0.1) is 6.92 Å². The lowest BCUT2D eigenvalue weighted by molar-refractivity contribution is -0.115. The standard InChI is InChI=1S/C21H17ClN4O2S/c1-13-23-21(26-28-13)17-7-2-3-8-18(17)25-19(27)11-16-12-29-20(24-16)10-14-5-4-6-15(22)9-14/h2-9,12H,10-11H2,1H3,(H,25,27). The normalized spacial score (nSPS) is 10.8. The highest BCUT2D eigenvalue weighted by atomic mass is 35.5. The molecule has 0 aliphatic carbocycles. The summed E-state index contributed by atoms with van der Waals surface area (Å²) in [4.78, 5) is 21.4. The van der Waals surface area contributed by atoms with Crippen LogP contribution in [0.1, 0.15) is 22.2 Å². The van der Waals surface area contributed by atoms with Gasteiger partial charge in [0, 0.05) is 29.3 Å².